The number of rotatable bonds is 7. The number of ether oxygens (including phenoxy) is 2. The zero-order chi connectivity index (χ0) is 23.4. The average Bonchev–Trinajstić information content (AvgIpc) is 3.23. The van der Waals surface area contributed by atoms with Crippen LogP contribution in [-0.4, -0.2) is 38.6 Å². The Kier molecular flexibility index (Phi) is 6.66. The standard InChI is InChI=1S/C23H25N3O6S/c1-15(2)22(23(27)25-17-6-3-5-16(11-17)21-13-24-14-32-21)26-33(28,29)18-7-8-19-20(12-18)31-10-4-9-30-19/h3,5-8,11-15,22,26H,4,9-10H2,1-2H3,(H,25,27). The van der Waals surface area contributed by atoms with Crippen LogP contribution >= 0.6 is 0 Å². The number of hydrogen-bond donors (Lipinski definition) is 2. The topological polar surface area (TPSA) is 120 Å². The second-order valence-corrected chi connectivity index (χ2v) is 9.65. The molecule has 4 rings (SSSR count). The number of benzene rings is 2. The van der Waals surface area contributed by atoms with Crippen LogP contribution in [0.4, 0.5) is 5.69 Å². The molecule has 2 N–H and O–H groups in total. The highest BCUT2D eigenvalue weighted by atomic mass is 32.2. The molecule has 10 heteroatoms. The van der Waals surface area contributed by atoms with Crippen LogP contribution in [0.5, 0.6) is 11.5 Å². The number of nitrogens with zero attached hydrogens (tertiary/aromatic N) is 1. The fraction of sp³-hybridized carbons (Fsp3) is 0.304. The summed E-state index contributed by atoms with van der Waals surface area (Å²) in [7, 11) is -4.00. The number of fused-ring (bicyclic) bond motifs is 1. The van der Waals surface area contributed by atoms with E-state index >= 15 is 0 Å². The molecule has 0 spiro atoms. The normalized spacial score (nSPS) is 14.5. The van der Waals surface area contributed by atoms with Gasteiger partial charge in [-0.25, -0.2) is 13.4 Å². The van der Waals surface area contributed by atoms with Crippen LogP contribution in [0.25, 0.3) is 11.3 Å². The molecule has 2 aromatic carbocycles. The van der Waals surface area contributed by atoms with E-state index in [1.54, 1.807) is 44.3 Å². The molecule has 1 aromatic heterocycles. The maximum atomic E-state index is 13.1. The van der Waals surface area contributed by atoms with Gasteiger partial charge in [0.2, 0.25) is 15.9 Å². The van der Waals surface area contributed by atoms with Gasteiger partial charge in [0.15, 0.2) is 23.7 Å². The Morgan fingerprint density at radius 1 is 1.06 bits per heavy atom. The number of carbonyl (C=O) groups is 1. The van der Waals surface area contributed by atoms with Gasteiger partial charge in [0.25, 0.3) is 0 Å². The molecule has 0 radical (unpaired) electrons. The van der Waals surface area contributed by atoms with E-state index in [-0.39, 0.29) is 10.8 Å². The number of aromatic nitrogens is 1. The first-order valence-corrected chi connectivity index (χ1v) is 12.0. The first-order chi connectivity index (χ1) is 15.8. The highest BCUT2D eigenvalue weighted by Gasteiger charge is 2.29. The van der Waals surface area contributed by atoms with E-state index in [0.29, 0.717) is 42.6 Å². The Labute approximate surface area is 192 Å². The van der Waals surface area contributed by atoms with Crippen LogP contribution < -0.4 is 19.5 Å². The van der Waals surface area contributed by atoms with E-state index < -0.39 is 22.0 Å². The number of sulfonamides is 1. The lowest BCUT2D eigenvalue weighted by molar-refractivity contribution is -0.118. The van der Waals surface area contributed by atoms with E-state index in [1.807, 2.05) is 6.07 Å². The highest BCUT2D eigenvalue weighted by molar-refractivity contribution is 7.89. The Bertz CT molecular complexity index is 1220. The van der Waals surface area contributed by atoms with Gasteiger partial charge < -0.3 is 19.2 Å². The molecule has 3 aromatic rings. The molecular formula is C23H25N3O6S. The second kappa shape index (κ2) is 9.63. The Hall–Kier alpha value is -3.37. The van der Waals surface area contributed by atoms with Crippen molar-refractivity contribution in [3.63, 3.8) is 0 Å². The molecule has 174 valence electrons. The van der Waals surface area contributed by atoms with Crippen LogP contribution in [0.15, 0.2) is 64.4 Å². The van der Waals surface area contributed by atoms with Gasteiger partial charge in [-0.05, 0) is 30.2 Å². The number of anilines is 1. The Morgan fingerprint density at radius 3 is 2.58 bits per heavy atom. The van der Waals surface area contributed by atoms with Gasteiger partial charge in [0.05, 0.1) is 24.3 Å². The number of nitrogens with one attached hydrogen (secondary N) is 2. The summed E-state index contributed by atoms with van der Waals surface area (Å²) < 4.78 is 45.1. The van der Waals surface area contributed by atoms with Gasteiger partial charge in [-0.3, -0.25) is 4.79 Å². The van der Waals surface area contributed by atoms with Gasteiger partial charge in [0.1, 0.15) is 6.04 Å². The van der Waals surface area contributed by atoms with Crippen LogP contribution in [0.2, 0.25) is 0 Å². The number of oxazole rings is 1. The lowest BCUT2D eigenvalue weighted by Gasteiger charge is -2.22. The fourth-order valence-electron chi connectivity index (χ4n) is 3.37. The average molecular weight is 472 g/mol. The summed E-state index contributed by atoms with van der Waals surface area (Å²) in [6.45, 7) is 4.48. The summed E-state index contributed by atoms with van der Waals surface area (Å²) in [6, 6.07) is 10.4. The van der Waals surface area contributed by atoms with Crippen molar-refractivity contribution in [2.24, 2.45) is 5.92 Å². The molecule has 0 fully saturated rings. The molecule has 1 aliphatic rings. The third kappa shape index (κ3) is 5.35. The molecule has 2 heterocycles. The summed E-state index contributed by atoms with van der Waals surface area (Å²) in [5.74, 6) is 0.637. The molecule has 1 amide bonds. The zero-order valence-corrected chi connectivity index (χ0v) is 19.1. The summed E-state index contributed by atoms with van der Waals surface area (Å²) in [4.78, 5) is 16.9. The molecule has 0 saturated carbocycles. The minimum absolute atomic E-state index is 0.00230. The van der Waals surface area contributed by atoms with E-state index in [9.17, 15) is 13.2 Å². The van der Waals surface area contributed by atoms with E-state index in [4.69, 9.17) is 13.9 Å². The molecule has 0 bridgehead atoms. The van der Waals surface area contributed by atoms with Crippen molar-refractivity contribution >= 4 is 21.6 Å². The second-order valence-electron chi connectivity index (χ2n) is 7.94. The minimum Gasteiger partial charge on any atom is -0.490 e. The van der Waals surface area contributed by atoms with Crippen molar-refractivity contribution in [3.05, 3.63) is 55.1 Å². The third-order valence-corrected chi connectivity index (χ3v) is 6.55. The molecule has 0 aliphatic carbocycles. The minimum atomic E-state index is -4.00. The van der Waals surface area contributed by atoms with Gasteiger partial charge in [-0.15, -0.1) is 0 Å². The van der Waals surface area contributed by atoms with Crippen molar-refractivity contribution in [3.8, 4) is 22.8 Å². The van der Waals surface area contributed by atoms with Crippen molar-refractivity contribution in [1.29, 1.82) is 0 Å². The summed E-state index contributed by atoms with van der Waals surface area (Å²) in [5, 5.41) is 2.79. The molecule has 33 heavy (non-hydrogen) atoms. The third-order valence-electron chi connectivity index (χ3n) is 5.11. The monoisotopic (exact) mass is 471 g/mol. The molecule has 1 aliphatic heterocycles. The molecule has 0 saturated heterocycles. The Balaban J connectivity index is 1.52. The fourth-order valence-corrected chi connectivity index (χ4v) is 4.73. The molecule has 1 atom stereocenters. The largest absolute Gasteiger partial charge is 0.490 e. The van der Waals surface area contributed by atoms with E-state index in [1.165, 1.54) is 18.5 Å². The number of hydrogen-bond acceptors (Lipinski definition) is 7. The van der Waals surface area contributed by atoms with Gasteiger partial charge in [-0.2, -0.15) is 4.72 Å². The van der Waals surface area contributed by atoms with Crippen molar-refractivity contribution in [2.75, 3.05) is 18.5 Å². The predicted octanol–water partition coefficient (Wildman–Crippen LogP) is 3.44. The quantitative estimate of drug-likeness (QED) is 0.542. The van der Waals surface area contributed by atoms with Crippen LogP contribution in [0.1, 0.15) is 20.3 Å². The molecule has 9 nitrogen and oxygen atoms in total. The lowest BCUT2D eigenvalue weighted by atomic mass is 10.0. The predicted molar refractivity (Wildman–Crippen MR) is 122 cm³/mol. The first-order valence-electron chi connectivity index (χ1n) is 10.6. The first kappa shape index (κ1) is 22.8. The summed E-state index contributed by atoms with van der Waals surface area (Å²) >= 11 is 0. The maximum Gasteiger partial charge on any atom is 0.242 e. The molecular weight excluding hydrogens is 446 g/mol. The SMILES string of the molecule is CC(C)C(NS(=O)(=O)c1ccc2c(c1)OCCCO2)C(=O)Nc1cccc(-c2cnco2)c1. The van der Waals surface area contributed by atoms with Crippen molar-refractivity contribution < 1.29 is 27.1 Å². The van der Waals surface area contributed by atoms with Gasteiger partial charge in [-0.1, -0.05) is 26.0 Å². The van der Waals surface area contributed by atoms with Crippen LogP contribution in [0.3, 0.4) is 0 Å². The van der Waals surface area contributed by atoms with E-state index in [0.717, 1.165) is 5.56 Å². The Morgan fingerprint density at radius 2 is 1.85 bits per heavy atom. The maximum absolute atomic E-state index is 13.1. The van der Waals surface area contributed by atoms with Crippen LogP contribution in [0, 0.1) is 5.92 Å². The van der Waals surface area contributed by atoms with E-state index in [2.05, 4.69) is 15.0 Å². The molecule has 1 unspecified atom stereocenters. The number of carbonyl (C=O) groups excluding carboxylic acids is 1. The summed E-state index contributed by atoms with van der Waals surface area (Å²) in [5.41, 5.74) is 1.24. The zero-order valence-electron chi connectivity index (χ0n) is 18.3. The smallest absolute Gasteiger partial charge is 0.242 e. The summed E-state index contributed by atoms with van der Waals surface area (Å²) in [6.07, 6.45) is 3.60. The highest BCUT2D eigenvalue weighted by Crippen LogP contribution is 2.32. The van der Waals surface area contributed by atoms with Crippen molar-refractivity contribution in [2.45, 2.75) is 31.2 Å². The van der Waals surface area contributed by atoms with Gasteiger partial charge >= 0.3 is 0 Å². The van der Waals surface area contributed by atoms with Gasteiger partial charge in [0, 0.05) is 23.7 Å². The van der Waals surface area contributed by atoms with Crippen molar-refractivity contribution in [1.82, 2.24) is 9.71 Å². The van der Waals surface area contributed by atoms with Crippen LogP contribution in [-0.2, 0) is 14.8 Å². The number of amides is 1. The lowest BCUT2D eigenvalue weighted by Crippen LogP contribution is -2.47.